The molecule has 1 aromatic heterocycles. The number of amides is 1. The van der Waals surface area contributed by atoms with Crippen molar-refractivity contribution in [2.75, 3.05) is 12.4 Å². The zero-order chi connectivity index (χ0) is 20.4. The summed E-state index contributed by atoms with van der Waals surface area (Å²) in [6.45, 7) is 2.00. The van der Waals surface area contributed by atoms with E-state index in [1.54, 1.807) is 49.6 Å². The van der Waals surface area contributed by atoms with Crippen LogP contribution in [0.1, 0.15) is 15.9 Å². The summed E-state index contributed by atoms with van der Waals surface area (Å²) < 4.78 is 11.1. The second kappa shape index (κ2) is 7.64. The molecular weight excluding hydrogens is 366 g/mol. The molecule has 29 heavy (non-hydrogen) atoms. The Kier molecular flexibility index (Phi) is 4.87. The standard InChI is InChI=1S/C24H19NO4/c1-15-6-8-16(9-7-15)23-14-21(26)20-13-18(10-11-22(20)29-23)25-24(27)17-4-3-5-19(12-17)28-2/h3-14H,1-2H3,(H,25,27). The fourth-order valence-corrected chi connectivity index (χ4v) is 3.06. The monoisotopic (exact) mass is 385 g/mol. The van der Waals surface area contributed by atoms with Crippen LogP contribution in [0.25, 0.3) is 22.3 Å². The molecule has 1 heterocycles. The lowest BCUT2D eigenvalue weighted by molar-refractivity contribution is 0.102. The molecule has 0 aliphatic heterocycles. The van der Waals surface area contributed by atoms with Gasteiger partial charge in [-0.1, -0.05) is 35.9 Å². The van der Waals surface area contributed by atoms with Crippen molar-refractivity contribution in [2.24, 2.45) is 0 Å². The molecule has 0 saturated heterocycles. The van der Waals surface area contributed by atoms with Gasteiger partial charge in [0.05, 0.1) is 12.5 Å². The first-order valence-electron chi connectivity index (χ1n) is 9.14. The number of methoxy groups -OCH3 is 1. The van der Waals surface area contributed by atoms with Crippen molar-refractivity contribution >= 4 is 22.6 Å². The summed E-state index contributed by atoms with van der Waals surface area (Å²) >= 11 is 0. The summed E-state index contributed by atoms with van der Waals surface area (Å²) in [6, 6.07) is 21.1. The van der Waals surface area contributed by atoms with Crippen molar-refractivity contribution in [3.8, 4) is 17.1 Å². The lowest BCUT2D eigenvalue weighted by atomic mass is 10.1. The number of carbonyl (C=O) groups is 1. The van der Waals surface area contributed by atoms with E-state index in [-0.39, 0.29) is 11.3 Å². The number of nitrogens with one attached hydrogen (secondary N) is 1. The van der Waals surface area contributed by atoms with Crippen LogP contribution < -0.4 is 15.5 Å². The first-order valence-corrected chi connectivity index (χ1v) is 9.14. The van der Waals surface area contributed by atoms with Gasteiger partial charge in [-0.25, -0.2) is 0 Å². The minimum absolute atomic E-state index is 0.167. The molecule has 0 spiro atoms. The van der Waals surface area contributed by atoms with Crippen molar-refractivity contribution in [2.45, 2.75) is 6.92 Å². The Morgan fingerprint density at radius 2 is 1.76 bits per heavy atom. The van der Waals surface area contributed by atoms with Crippen LogP contribution in [0.5, 0.6) is 5.75 Å². The number of benzene rings is 3. The highest BCUT2D eigenvalue weighted by molar-refractivity contribution is 6.05. The van der Waals surface area contributed by atoms with Crippen LogP contribution in [0.4, 0.5) is 5.69 Å². The number of fused-ring (bicyclic) bond motifs is 1. The molecule has 4 rings (SSSR count). The molecule has 0 radical (unpaired) electrons. The van der Waals surface area contributed by atoms with E-state index in [0.717, 1.165) is 11.1 Å². The highest BCUT2D eigenvalue weighted by Crippen LogP contribution is 2.24. The van der Waals surface area contributed by atoms with Crippen LogP contribution in [0, 0.1) is 6.92 Å². The quantitative estimate of drug-likeness (QED) is 0.535. The van der Waals surface area contributed by atoms with Gasteiger partial charge in [0.15, 0.2) is 5.43 Å². The Morgan fingerprint density at radius 3 is 2.52 bits per heavy atom. The van der Waals surface area contributed by atoms with Gasteiger partial charge in [0, 0.05) is 22.9 Å². The molecule has 3 aromatic carbocycles. The van der Waals surface area contributed by atoms with Crippen LogP contribution in [-0.4, -0.2) is 13.0 Å². The minimum atomic E-state index is -0.288. The van der Waals surface area contributed by atoms with E-state index >= 15 is 0 Å². The van der Waals surface area contributed by atoms with Gasteiger partial charge in [0.1, 0.15) is 17.1 Å². The van der Waals surface area contributed by atoms with Crippen molar-refractivity contribution in [1.29, 1.82) is 0 Å². The highest BCUT2D eigenvalue weighted by atomic mass is 16.5. The first-order chi connectivity index (χ1) is 14.0. The van der Waals surface area contributed by atoms with E-state index in [2.05, 4.69) is 5.32 Å². The van der Waals surface area contributed by atoms with Crippen LogP contribution in [0.15, 0.2) is 82.0 Å². The molecular formula is C24H19NO4. The van der Waals surface area contributed by atoms with Gasteiger partial charge in [-0.05, 0) is 43.3 Å². The summed E-state index contributed by atoms with van der Waals surface area (Å²) in [6.07, 6.45) is 0. The molecule has 144 valence electrons. The van der Waals surface area contributed by atoms with Crippen LogP contribution in [0.3, 0.4) is 0 Å². The zero-order valence-corrected chi connectivity index (χ0v) is 16.1. The van der Waals surface area contributed by atoms with Crippen molar-refractivity contribution < 1.29 is 13.9 Å². The number of hydrogen-bond donors (Lipinski definition) is 1. The third-order valence-electron chi connectivity index (χ3n) is 4.65. The van der Waals surface area contributed by atoms with Crippen molar-refractivity contribution in [3.63, 3.8) is 0 Å². The van der Waals surface area contributed by atoms with Gasteiger partial charge >= 0.3 is 0 Å². The molecule has 0 atom stereocenters. The Morgan fingerprint density at radius 1 is 0.966 bits per heavy atom. The topological polar surface area (TPSA) is 68.5 Å². The van der Waals surface area contributed by atoms with Crippen LogP contribution >= 0.6 is 0 Å². The maximum atomic E-state index is 12.6. The number of aryl methyl sites for hydroxylation is 1. The number of carbonyl (C=O) groups excluding carboxylic acids is 1. The molecule has 0 fully saturated rings. The average molecular weight is 385 g/mol. The Labute approximate surface area is 167 Å². The molecule has 4 aromatic rings. The predicted molar refractivity (Wildman–Crippen MR) is 114 cm³/mol. The van der Waals surface area contributed by atoms with E-state index in [9.17, 15) is 9.59 Å². The van der Waals surface area contributed by atoms with Crippen molar-refractivity contribution in [3.05, 3.63) is 94.1 Å². The van der Waals surface area contributed by atoms with Gasteiger partial charge in [-0.3, -0.25) is 9.59 Å². The highest BCUT2D eigenvalue weighted by Gasteiger charge is 2.11. The van der Waals surface area contributed by atoms with E-state index in [0.29, 0.717) is 33.7 Å². The summed E-state index contributed by atoms with van der Waals surface area (Å²) in [5.41, 5.74) is 3.25. The second-order valence-corrected chi connectivity index (χ2v) is 6.74. The fourth-order valence-electron chi connectivity index (χ4n) is 3.06. The predicted octanol–water partition coefficient (Wildman–Crippen LogP) is 5.03. The molecule has 0 bridgehead atoms. The molecule has 1 N–H and O–H groups in total. The Bertz CT molecular complexity index is 1260. The van der Waals surface area contributed by atoms with E-state index < -0.39 is 0 Å². The van der Waals surface area contributed by atoms with Gasteiger partial charge in [0.25, 0.3) is 5.91 Å². The molecule has 5 heteroatoms. The average Bonchev–Trinajstić information content (AvgIpc) is 2.74. The minimum Gasteiger partial charge on any atom is -0.497 e. The second-order valence-electron chi connectivity index (χ2n) is 6.74. The van der Waals surface area contributed by atoms with Crippen molar-refractivity contribution in [1.82, 2.24) is 0 Å². The largest absolute Gasteiger partial charge is 0.497 e. The normalized spacial score (nSPS) is 10.7. The van der Waals surface area contributed by atoms with E-state index in [1.165, 1.54) is 6.07 Å². The third kappa shape index (κ3) is 3.89. The lowest BCUT2D eigenvalue weighted by Crippen LogP contribution is -2.12. The van der Waals surface area contributed by atoms with Gasteiger partial charge in [-0.2, -0.15) is 0 Å². The number of ether oxygens (including phenoxy) is 1. The molecule has 5 nitrogen and oxygen atoms in total. The lowest BCUT2D eigenvalue weighted by Gasteiger charge is -2.08. The molecule has 0 unspecified atom stereocenters. The van der Waals surface area contributed by atoms with Gasteiger partial charge < -0.3 is 14.5 Å². The van der Waals surface area contributed by atoms with Gasteiger partial charge in [-0.15, -0.1) is 0 Å². The maximum Gasteiger partial charge on any atom is 0.255 e. The Balaban J connectivity index is 1.65. The third-order valence-corrected chi connectivity index (χ3v) is 4.65. The Hall–Kier alpha value is -3.86. The summed E-state index contributed by atoms with van der Waals surface area (Å²) in [4.78, 5) is 25.1. The smallest absolute Gasteiger partial charge is 0.255 e. The summed E-state index contributed by atoms with van der Waals surface area (Å²) in [5.74, 6) is 0.819. The molecule has 0 saturated carbocycles. The van der Waals surface area contributed by atoms with Crippen LogP contribution in [-0.2, 0) is 0 Å². The first kappa shape index (κ1) is 18.5. The molecule has 0 aliphatic carbocycles. The van der Waals surface area contributed by atoms with Gasteiger partial charge in [0.2, 0.25) is 0 Å². The number of hydrogen-bond acceptors (Lipinski definition) is 4. The molecule has 1 amide bonds. The number of rotatable bonds is 4. The molecule has 0 aliphatic rings. The van der Waals surface area contributed by atoms with E-state index in [4.69, 9.17) is 9.15 Å². The summed E-state index contributed by atoms with van der Waals surface area (Å²) in [7, 11) is 1.55. The zero-order valence-electron chi connectivity index (χ0n) is 16.1. The van der Waals surface area contributed by atoms with E-state index in [1.807, 2.05) is 31.2 Å². The summed E-state index contributed by atoms with van der Waals surface area (Å²) in [5, 5.41) is 3.21. The fraction of sp³-hybridized carbons (Fsp3) is 0.0833. The maximum absolute atomic E-state index is 12.6. The van der Waals surface area contributed by atoms with Crippen LogP contribution in [0.2, 0.25) is 0 Å². The number of anilines is 1. The SMILES string of the molecule is COc1cccc(C(=O)Nc2ccc3oc(-c4ccc(C)cc4)cc(=O)c3c2)c1.